The molecule has 0 atom stereocenters. The monoisotopic (exact) mass is 247 g/mol. The summed E-state index contributed by atoms with van der Waals surface area (Å²) in [5.74, 6) is 0.997. The fraction of sp³-hybridized carbons (Fsp3) is 0.154. The van der Waals surface area contributed by atoms with E-state index in [2.05, 4.69) is 36.5 Å². The van der Waals surface area contributed by atoms with Gasteiger partial charge in [0.25, 0.3) is 0 Å². The highest BCUT2D eigenvalue weighted by molar-refractivity contribution is 8.23. The van der Waals surface area contributed by atoms with Gasteiger partial charge in [-0.15, -0.1) is 0 Å². The summed E-state index contributed by atoms with van der Waals surface area (Å²) < 4.78 is 0.832. The number of hydrogen-bond donors (Lipinski definition) is 1. The first-order valence-corrected chi connectivity index (χ1v) is 6.62. The minimum absolute atomic E-state index is 0.832. The summed E-state index contributed by atoms with van der Waals surface area (Å²) in [6, 6.07) is 14.5. The second-order valence-corrected chi connectivity index (χ2v) is 5.31. The van der Waals surface area contributed by atoms with Gasteiger partial charge < -0.3 is 5.32 Å². The molecule has 3 heteroatoms. The zero-order chi connectivity index (χ0) is 11.4. The van der Waals surface area contributed by atoms with Gasteiger partial charge in [0.2, 0.25) is 0 Å². The van der Waals surface area contributed by atoms with Crippen molar-refractivity contribution >= 4 is 44.8 Å². The van der Waals surface area contributed by atoms with E-state index < -0.39 is 0 Å². The molecule has 0 aliphatic rings. The molecule has 0 aliphatic heterocycles. The molecular formula is C13H13NS2. The van der Waals surface area contributed by atoms with Gasteiger partial charge in [0.1, 0.15) is 4.32 Å². The van der Waals surface area contributed by atoms with Crippen molar-refractivity contribution in [3.8, 4) is 0 Å². The van der Waals surface area contributed by atoms with Gasteiger partial charge in [-0.1, -0.05) is 67.3 Å². The number of rotatable bonds is 2. The van der Waals surface area contributed by atoms with Gasteiger partial charge in [-0.3, -0.25) is 0 Å². The van der Waals surface area contributed by atoms with Crippen LogP contribution in [0.5, 0.6) is 0 Å². The Morgan fingerprint density at radius 3 is 2.75 bits per heavy atom. The molecule has 0 spiro atoms. The first-order chi connectivity index (χ1) is 7.81. The van der Waals surface area contributed by atoms with E-state index in [4.69, 9.17) is 12.2 Å². The van der Waals surface area contributed by atoms with Crippen LogP contribution in [0.2, 0.25) is 0 Å². The predicted octanol–water partition coefficient (Wildman–Crippen LogP) is 4.29. The molecule has 0 fully saturated rings. The summed E-state index contributed by atoms with van der Waals surface area (Å²) in [5.41, 5.74) is 1.09. The molecule has 0 unspecified atom stereocenters. The summed E-state index contributed by atoms with van der Waals surface area (Å²) in [5, 5.41) is 5.73. The van der Waals surface area contributed by atoms with E-state index in [1.165, 1.54) is 10.8 Å². The fourth-order valence-electron chi connectivity index (χ4n) is 1.61. The molecule has 0 bridgehead atoms. The van der Waals surface area contributed by atoms with Crippen LogP contribution in [-0.2, 0) is 0 Å². The molecule has 1 N–H and O–H groups in total. The Morgan fingerprint density at radius 1 is 1.19 bits per heavy atom. The van der Waals surface area contributed by atoms with Gasteiger partial charge >= 0.3 is 0 Å². The normalized spacial score (nSPS) is 10.3. The van der Waals surface area contributed by atoms with Crippen LogP contribution in [-0.4, -0.2) is 10.1 Å². The third-order valence-corrected chi connectivity index (χ3v) is 3.41. The number of thioether (sulfide) groups is 1. The first-order valence-electron chi connectivity index (χ1n) is 5.23. The van der Waals surface area contributed by atoms with Crippen LogP contribution < -0.4 is 5.32 Å². The van der Waals surface area contributed by atoms with Crippen molar-refractivity contribution in [3.63, 3.8) is 0 Å². The van der Waals surface area contributed by atoms with Crippen LogP contribution in [0.25, 0.3) is 10.8 Å². The molecule has 0 aliphatic carbocycles. The SMILES string of the molecule is CCSC(=S)Nc1cccc2ccccc12. The third-order valence-electron chi connectivity index (χ3n) is 2.30. The fourth-order valence-corrected chi connectivity index (χ4v) is 2.52. The van der Waals surface area contributed by atoms with E-state index in [-0.39, 0.29) is 0 Å². The lowest BCUT2D eigenvalue weighted by atomic mass is 10.1. The molecule has 0 saturated carbocycles. The van der Waals surface area contributed by atoms with Crippen LogP contribution in [0.3, 0.4) is 0 Å². The molecular weight excluding hydrogens is 234 g/mol. The number of anilines is 1. The molecule has 1 nitrogen and oxygen atoms in total. The van der Waals surface area contributed by atoms with Gasteiger partial charge in [-0.2, -0.15) is 0 Å². The van der Waals surface area contributed by atoms with Gasteiger partial charge in [-0.05, 0) is 17.2 Å². The molecule has 2 aromatic carbocycles. The Bertz CT molecular complexity index is 503. The van der Waals surface area contributed by atoms with E-state index >= 15 is 0 Å². The van der Waals surface area contributed by atoms with Crippen LogP contribution >= 0.6 is 24.0 Å². The molecule has 82 valence electrons. The van der Waals surface area contributed by atoms with E-state index in [9.17, 15) is 0 Å². The molecule has 2 rings (SSSR count). The van der Waals surface area contributed by atoms with Crippen molar-refractivity contribution in [1.29, 1.82) is 0 Å². The summed E-state index contributed by atoms with van der Waals surface area (Å²) in [6.07, 6.45) is 0. The molecule has 0 heterocycles. The summed E-state index contributed by atoms with van der Waals surface area (Å²) >= 11 is 6.90. The number of benzene rings is 2. The van der Waals surface area contributed by atoms with Crippen molar-refractivity contribution in [3.05, 3.63) is 42.5 Å². The van der Waals surface area contributed by atoms with Crippen LogP contribution in [0, 0.1) is 0 Å². The van der Waals surface area contributed by atoms with Gasteiger partial charge in [-0.25, -0.2) is 0 Å². The lowest BCUT2D eigenvalue weighted by Gasteiger charge is -2.09. The Balaban J connectivity index is 2.33. The number of nitrogens with one attached hydrogen (secondary N) is 1. The lowest BCUT2D eigenvalue weighted by molar-refractivity contribution is 1.54. The Kier molecular flexibility index (Phi) is 3.80. The zero-order valence-corrected chi connectivity index (χ0v) is 10.7. The number of fused-ring (bicyclic) bond motifs is 1. The predicted molar refractivity (Wildman–Crippen MR) is 78.3 cm³/mol. The molecule has 2 aromatic rings. The topological polar surface area (TPSA) is 12.0 Å². The third kappa shape index (κ3) is 2.54. The first kappa shape index (κ1) is 11.4. The maximum Gasteiger partial charge on any atom is 0.138 e. The highest BCUT2D eigenvalue weighted by atomic mass is 32.2. The van der Waals surface area contributed by atoms with Crippen LogP contribution in [0.4, 0.5) is 5.69 Å². The van der Waals surface area contributed by atoms with Gasteiger partial charge in [0.05, 0.1) is 0 Å². The van der Waals surface area contributed by atoms with Gasteiger partial charge in [0, 0.05) is 11.1 Å². The molecule has 16 heavy (non-hydrogen) atoms. The minimum Gasteiger partial charge on any atom is -0.341 e. The van der Waals surface area contributed by atoms with Crippen LogP contribution in [0.1, 0.15) is 6.92 Å². The maximum absolute atomic E-state index is 5.25. The minimum atomic E-state index is 0.832. The molecule has 0 saturated heterocycles. The highest BCUT2D eigenvalue weighted by Gasteiger charge is 2.01. The van der Waals surface area contributed by atoms with Crippen molar-refractivity contribution < 1.29 is 0 Å². The Morgan fingerprint density at radius 2 is 1.94 bits per heavy atom. The van der Waals surface area contributed by atoms with Crippen molar-refractivity contribution in [2.24, 2.45) is 0 Å². The second kappa shape index (κ2) is 5.32. The van der Waals surface area contributed by atoms with E-state index in [0.29, 0.717) is 0 Å². The second-order valence-electron chi connectivity index (χ2n) is 3.37. The zero-order valence-electron chi connectivity index (χ0n) is 9.07. The summed E-state index contributed by atoms with van der Waals surface area (Å²) in [4.78, 5) is 0. The van der Waals surface area contributed by atoms with Crippen LogP contribution in [0.15, 0.2) is 42.5 Å². The average Bonchev–Trinajstić information content (AvgIpc) is 2.30. The number of thiocarbonyl (C=S) groups is 1. The Labute approximate surface area is 105 Å². The Hall–Kier alpha value is -1.06. The molecule has 0 amide bonds. The van der Waals surface area contributed by atoms with E-state index in [0.717, 1.165) is 15.8 Å². The summed E-state index contributed by atoms with van der Waals surface area (Å²) in [7, 11) is 0. The maximum atomic E-state index is 5.25. The average molecular weight is 247 g/mol. The summed E-state index contributed by atoms with van der Waals surface area (Å²) in [6.45, 7) is 2.10. The van der Waals surface area contributed by atoms with Crippen molar-refractivity contribution in [2.75, 3.05) is 11.1 Å². The molecule has 0 radical (unpaired) electrons. The standard InChI is InChI=1S/C13H13NS2/c1-2-16-13(15)14-12-9-5-7-10-6-3-4-8-11(10)12/h3-9H,2H2,1H3,(H,14,15). The smallest absolute Gasteiger partial charge is 0.138 e. The van der Waals surface area contributed by atoms with E-state index in [1.807, 2.05) is 18.2 Å². The lowest BCUT2D eigenvalue weighted by Crippen LogP contribution is -2.04. The van der Waals surface area contributed by atoms with E-state index in [1.54, 1.807) is 11.8 Å². The van der Waals surface area contributed by atoms with Crippen molar-refractivity contribution in [1.82, 2.24) is 0 Å². The van der Waals surface area contributed by atoms with Gasteiger partial charge in [0.15, 0.2) is 0 Å². The quantitative estimate of drug-likeness (QED) is 0.795. The van der Waals surface area contributed by atoms with Crippen molar-refractivity contribution in [2.45, 2.75) is 6.92 Å². The molecule has 0 aromatic heterocycles. The number of hydrogen-bond acceptors (Lipinski definition) is 2. The largest absolute Gasteiger partial charge is 0.341 e. The highest BCUT2D eigenvalue weighted by Crippen LogP contribution is 2.24.